The molecule has 1 aromatic heterocycles. The Balaban J connectivity index is 1.69. The van der Waals surface area contributed by atoms with E-state index < -0.39 is 0 Å². The van der Waals surface area contributed by atoms with E-state index in [1.165, 1.54) is 7.11 Å². The number of hydrogen-bond acceptors (Lipinski definition) is 6. The highest BCUT2D eigenvalue weighted by Crippen LogP contribution is 2.30. The summed E-state index contributed by atoms with van der Waals surface area (Å²) in [4.78, 5) is 25.7. The standard InChI is InChI=1S/C17H20N2O5/c1-22-14-3-2-12(11-20)13-10-15(24-16(13)14)17(21)18-4-5-19-6-8-23-9-7-19/h2-3,10-11H,4-9H2,1H3,(H,18,21). The molecule has 128 valence electrons. The molecular formula is C17H20N2O5. The molecule has 0 unspecified atom stereocenters. The first-order valence-corrected chi connectivity index (χ1v) is 7.87. The summed E-state index contributed by atoms with van der Waals surface area (Å²) in [5.74, 6) is 0.348. The summed E-state index contributed by atoms with van der Waals surface area (Å²) in [6.07, 6.45) is 0.734. The van der Waals surface area contributed by atoms with Crippen molar-refractivity contribution in [2.75, 3.05) is 46.5 Å². The molecule has 1 aromatic carbocycles. The first-order valence-electron chi connectivity index (χ1n) is 7.87. The molecule has 1 amide bonds. The second-order valence-electron chi connectivity index (χ2n) is 5.54. The SMILES string of the molecule is COc1ccc(C=O)c2cc(C(=O)NCCN3CCOCC3)oc12. The lowest BCUT2D eigenvalue weighted by atomic mass is 10.1. The van der Waals surface area contributed by atoms with Gasteiger partial charge in [0.1, 0.15) is 0 Å². The van der Waals surface area contributed by atoms with E-state index >= 15 is 0 Å². The van der Waals surface area contributed by atoms with Gasteiger partial charge < -0.3 is 19.2 Å². The number of hydrogen-bond donors (Lipinski definition) is 1. The van der Waals surface area contributed by atoms with E-state index in [9.17, 15) is 9.59 Å². The van der Waals surface area contributed by atoms with Crippen LogP contribution in [0.15, 0.2) is 22.6 Å². The quantitative estimate of drug-likeness (QED) is 0.804. The van der Waals surface area contributed by atoms with Gasteiger partial charge >= 0.3 is 0 Å². The molecule has 24 heavy (non-hydrogen) atoms. The zero-order chi connectivity index (χ0) is 16.9. The molecule has 1 saturated heterocycles. The van der Waals surface area contributed by atoms with Crippen LogP contribution in [-0.4, -0.2) is 63.6 Å². The topological polar surface area (TPSA) is 81.0 Å². The number of nitrogens with zero attached hydrogens (tertiary/aromatic N) is 1. The smallest absolute Gasteiger partial charge is 0.287 e. The number of carbonyl (C=O) groups excluding carboxylic acids is 2. The Morgan fingerprint density at radius 3 is 2.88 bits per heavy atom. The van der Waals surface area contributed by atoms with Crippen LogP contribution in [0, 0.1) is 0 Å². The van der Waals surface area contributed by atoms with Gasteiger partial charge in [0.2, 0.25) is 0 Å². The van der Waals surface area contributed by atoms with Crippen LogP contribution in [0.3, 0.4) is 0 Å². The van der Waals surface area contributed by atoms with Crippen LogP contribution in [0.4, 0.5) is 0 Å². The van der Waals surface area contributed by atoms with Crippen LogP contribution >= 0.6 is 0 Å². The zero-order valence-corrected chi connectivity index (χ0v) is 13.5. The summed E-state index contributed by atoms with van der Waals surface area (Å²) >= 11 is 0. The number of fused-ring (bicyclic) bond motifs is 1. The molecule has 2 aromatic rings. The van der Waals surface area contributed by atoms with Crippen LogP contribution in [-0.2, 0) is 4.74 Å². The normalized spacial score (nSPS) is 15.4. The summed E-state index contributed by atoms with van der Waals surface area (Å²) in [6, 6.07) is 4.87. The van der Waals surface area contributed by atoms with E-state index in [2.05, 4.69) is 10.2 Å². The van der Waals surface area contributed by atoms with Gasteiger partial charge in [-0.05, 0) is 18.2 Å². The molecule has 0 radical (unpaired) electrons. The fourth-order valence-corrected chi connectivity index (χ4v) is 2.73. The molecule has 1 N–H and O–H groups in total. The summed E-state index contributed by atoms with van der Waals surface area (Å²) < 4.78 is 16.1. The van der Waals surface area contributed by atoms with Crippen molar-refractivity contribution in [2.45, 2.75) is 0 Å². The van der Waals surface area contributed by atoms with Gasteiger partial charge in [-0.3, -0.25) is 14.5 Å². The molecule has 0 spiro atoms. The highest BCUT2D eigenvalue weighted by atomic mass is 16.5. The fourth-order valence-electron chi connectivity index (χ4n) is 2.73. The highest BCUT2D eigenvalue weighted by molar-refractivity contribution is 6.03. The average molecular weight is 332 g/mol. The second kappa shape index (κ2) is 7.46. The third kappa shape index (κ3) is 3.42. The number of aldehydes is 1. The van der Waals surface area contributed by atoms with Gasteiger partial charge in [0.05, 0.1) is 20.3 Å². The van der Waals surface area contributed by atoms with E-state index in [1.807, 2.05) is 0 Å². The summed E-state index contributed by atoms with van der Waals surface area (Å²) in [6.45, 7) is 4.49. The molecule has 0 saturated carbocycles. The monoisotopic (exact) mass is 332 g/mol. The van der Waals surface area contributed by atoms with Crippen LogP contribution in [0.1, 0.15) is 20.9 Å². The Kier molecular flexibility index (Phi) is 5.12. The number of rotatable bonds is 6. The Morgan fingerprint density at radius 1 is 1.38 bits per heavy atom. The van der Waals surface area contributed by atoms with Crippen LogP contribution < -0.4 is 10.1 Å². The maximum absolute atomic E-state index is 12.3. The van der Waals surface area contributed by atoms with E-state index in [1.54, 1.807) is 18.2 Å². The Morgan fingerprint density at radius 2 is 2.17 bits per heavy atom. The van der Waals surface area contributed by atoms with E-state index in [-0.39, 0.29) is 11.7 Å². The van der Waals surface area contributed by atoms with Gasteiger partial charge in [0, 0.05) is 37.1 Å². The number of nitrogens with one attached hydrogen (secondary N) is 1. The lowest BCUT2D eigenvalue weighted by molar-refractivity contribution is 0.0382. The minimum Gasteiger partial charge on any atom is -0.493 e. The maximum Gasteiger partial charge on any atom is 0.287 e. The first kappa shape index (κ1) is 16.5. The molecule has 1 aliphatic heterocycles. The summed E-state index contributed by atoms with van der Waals surface area (Å²) in [7, 11) is 1.51. The molecule has 0 atom stereocenters. The van der Waals surface area contributed by atoms with E-state index in [0.717, 1.165) is 39.1 Å². The number of amides is 1. The molecule has 7 heteroatoms. The maximum atomic E-state index is 12.3. The lowest BCUT2D eigenvalue weighted by Gasteiger charge is -2.26. The lowest BCUT2D eigenvalue weighted by Crippen LogP contribution is -2.41. The number of methoxy groups -OCH3 is 1. The molecule has 1 aliphatic rings. The zero-order valence-electron chi connectivity index (χ0n) is 13.5. The minimum absolute atomic E-state index is 0.166. The van der Waals surface area contributed by atoms with Crippen molar-refractivity contribution in [1.29, 1.82) is 0 Å². The third-order valence-corrected chi connectivity index (χ3v) is 4.07. The number of morpholine rings is 1. The van der Waals surface area contributed by atoms with E-state index in [4.69, 9.17) is 13.9 Å². The molecule has 0 bridgehead atoms. The van der Waals surface area contributed by atoms with Gasteiger partial charge in [0.25, 0.3) is 5.91 Å². The largest absolute Gasteiger partial charge is 0.493 e. The second-order valence-corrected chi connectivity index (χ2v) is 5.54. The molecule has 7 nitrogen and oxygen atoms in total. The molecule has 0 aliphatic carbocycles. The molecule has 2 heterocycles. The van der Waals surface area contributed by atoms with Gasteiger partial charge in [-0.15, -0.1) is 0 Å². The van der Waals surface area contributed by atoms with Crippen LogP contribution in [0.5, 0.6) is 5.75 Å². The number of carbonyl (C=O) groups is 2. The number of benzene rings is 1. The van der Waals surface area contributed by atoms with Crippen molar-refractivity contribution >= 4 is 23.2 Å². The van der Waals surface area contributed by atoms with Gasteiger partial charge in [-0.25, -0.2) is 0 Å². The van der Waals surface area contributed by atoms with E-state index in [0.29, 0.717) is 28.8 Å². The highest BCUT2D eigenvalue weighted by Gasteiger charge is 2.17. The summed E-state index contributed by atoms with van der Waals surface area (Å²) in [5, 5.41) is 3.41. The van der Waals surface area contributed by atoms with Crippen molar-refractivity contribution in [1.82, 2.24) is 10.2 Å². The predicted octanol–water partition coefficient (Wildman–Crippen LogP) is 1.32. The van der Waals surface area contributed by atoms with Crippen molar-refractivity contribution in [3.05, 3.63) is 29.5 Å². The van der Waals surface area contributed by atoms with Crippen molar-refractivity contribution in [3.63, 3.8) is 0 Å². The van der Waals surface area contributed by atoms with Crippen molar-refractivity contribution in [3.8, 4) is 5.75 Å². The number of furan rings is 1. The van der Waals surface area contributed by atoms with Gasteiger partial charge in [0.15, 0.2) is 23.4 Å². The van der Waals surface area contributed by atoms with Crippen LogP contribution in [0.2, 0.25) is 0 Å². The minimum atomic E-state index is -0.307. The third-order valence-electron chi connectivity index (χ3n) is 4.07. The molecule has 3 rings (SSSR count). The Bertz CT molecular complexity index is 734. The van der Waals surface area contributed by atoms with Crippen LogP contribution in [0.25, 0.3) is 11.0 Å². The molecular weight excluding hydrogens is 312 g/mol. The predicted molar refractivity (Wildman–Crippen MR) is 87.7 cm³/mol. The molecule has 1 fully saturated rings. The average Bonchev–Trinajstić information content (AvgIpc) is 3.07. The Hall–Kier alpha value is -2.38. The van der Waals surface area contributed by atoms with Gasteiger partial charge in [-0.2, -0.15) is 0 Å². The first-order chi connectivity index (χ1) is 11.7. The van der Waals surface area contributed by atoms with Crippen molar-refractivity contribution < 1.29 is 23.5 Å². The fraction of sp³-hybridized carbons (Fsp3) is 0.412. The summed E-state index contributed by atoms with van der Waals surface area (Å²) in [5.41, 5.74) is 0.863. The number of ether oxygens (including phenoxy) is 2. The van der Waals surface area contributed by atoms with Gasteiger partial charge in [-0.1, -0.05) is 0 Å². The van der Waals surface area contributed by atoms with Crippen molar-refractivity contribution in [2.24, 2.45) is 0 Å². The Labute approximate surface area is 139 Å².